The molecule has 2 atom stereocenters. The third kappa shape index (κ3) is 3.23. The van der Waals surface area contributed by atoms with Crippen molar-refractivity contribution in [2.45, 2.75) is 37.3 Å². The van der Waals surface area contributed by atoms with Crippen molar-refractivity contribution in [2.24, 2.45) is 0 Å². The van der Waals surface area contributed by atoms with Gasteiger partial charge in [0.2, 0.25) is 15.9 Å². The number of carbonyl (C=O) groups excluding carboxylic acids is 1. The number of ether oxygens (including phenoxy) is 1. The van der Waals surface area contributed by atoms with Crippen LogP contribution >= 0.6 is 0 Å². The van der Waals surface area contributed by atoms with Crippen molar-refractivity contribution in [3.63, 3.8) is 0 Å². The minimum absolute atomic E-state index is 0.0605. The number of nitrogens with zero attached hydrogens (tertiary/aromatic N) is 2. The van der Waals surface area contributed by atoms with Gasteiger partial charge in [-0.15, -0.1) is 0 Å². The van der Waals surface area contributed by atoms with E-state index in [-0.39, 0.29) is 18.9 Å². The number of amides is 1. The summed E-state index contributed by atoms with van der Waals surface area (Å²) in [6.45, 7) is 1.47. The van der Waals surface area contributed by atoms with Crippen molar-refractivity contribution < 1.29 is 23.1 Å². The topological polar surface area (TPSA) is 87.2 Å². The lowest BCUT2D eigenvalue weighted by atomic mass is 9.83. The van der Waals surface area contributed by atoms with Gasteiger partial charge in [-0.25, -0.2) is 8.42 Å². The minimum Gasteiger partial charge on any atom is -0.389 e. The molecule has 7 nitrogen and oxygen atoms in total. The van der Waals surface area contributed by atoms with Crippen LogP contribution in [-0.4, -0.2) is 79.9 Å². The van der Waals surface area contributed by atoms with E-state index in [2.05, 4.69) is 0 Å². The van der Waals surface area contributed by atoms with Crippen molar-refractivity contribution in [2.75, 3.05) is 39.6 Å². The third-order valence-electron chi connectivity index (χ3n) is 4.57. The summed E-state index contributed by atoms with van der Waals surface area (Å²) in [5.74, 6) is -0.0605. The molecule has 1 amide bonds. The fourth-order valence-corrected chi connectivity index (χ4v) is 4.92. The molecule has 2 aliphatic rings. The van der Waals surface area contributed by atoms with Gasteiger partial charge in [-0.2, -0.15) is 4.31 Å². The first kappa shape index (κ1) is 16.7. The molecule has 0 aromatic heterocycles. The summed E-state index contributed by atoms with van der Waals surface area (Å²) in [5, 5.41) is 10.5. The van der Waals surface area contributed by atoms with Crippen LogP contribution in [0.25, 0.3) is 0 Å². The first-order valence-corrected chi connectivity index (χ1v) is 9.09. The zero-order chi connectivity index (χ0) is 15.7. The third-order valence-corrected chi connectivity index (χ3v) is 5.92. The number of aliphatic hydroxyl groups is 1. The Morgan fingerprint density at radius 2 is 2.10 bits per heavy atom. The normalized spacial score (nSPS) is 31.0. The number of rotatable bonds is 4. The maximum absolute atomic E-state index is 12.0. The summed E-state index contributed by atoms with van der Waals surface area (Å²) in [5.41, 5.74) is -0.731. The van der Waals surface area contributed by atoms with Crippen molar-refractivity contribution >= 4 is 15.9 Å². The molecule has 122 valence electrons. The Morgan fingerprint density at radius 3 is 2.67 bits per heavy atom. The van der Waals surface area contributed by atoms with Gasteiger partial charge in [0.05, 0.1) is 30.9 Å². The van der Waals surface area contributed by atoms with Gasteiger partial charge < -0.3 is 14.7 Å². The molecule has 2 rings (SSSR count). The number of aliphatic hydroxyl groups excluding tert-OH is 1. The Bertz CT molecular complexity index is 495. The van der Waals surface area contributed by atoms with Crippen molar-refractivity contribution in [1.29, 1.82) is 0 Å². The molecule has 0 aliphatic carbocycles. The Labute approximate surface area is 125 Å². The van der Waals surface area contributed by atoms with Gasteiger partial charge in [0.15, 0.2) is 0 Å². The largest absolute Gasteiger partial charge is 0.389 e. The fourth-order valence-electron chi connectivity index (χ4n) is 3.49. The van der Waals surface area contributed by atoms with E-state index in [1.54, 1.807) is 4.90 Å². The molecule has 1 N–H and O–H groups in total. The summed E-state index contributed by atoms with van der Waals surface area (Å²) in [4.78, 5) is 13.6. The number of sulfonamides is 1. The Balaban J connectivity index is 2.08. The van der Waals surface area contributed by atoms with E-state index in [4.69, 9.17) is 4.74 Å². The zero-order valence-electron chi connectivity index (χ0n) is 12.6. The fraction of sp³-hybridized carbons (Fsp3) is 0.923. The SMILES string of the molecule is COCCC(=O)N1CC[C@@]2(CCCN2S(C)(=O)=O)[C@@H](O)C1. The van der Waals surface area contributed by atoms with Crippen LogP contribution in [0, 0.1) is 0 Å². The number of carbonyl (C=O) groups is 1. The van der Waals surface area contributed by atoms with Crippen LogP contribution in [0.15, 0.2) is 0 Å². The Morgan fingerprint density at radius 1 is 1.38 bits per heavy atom. The molecule has 0 bridgehead atoms. The molecule has 0 aromatic rings. The molecular formula is C13H24N2O5S. The molecule has 0 aromatic carbocycles. The second-order valence-electron chi connectivity index (χ2n) is 5.89. The maximum Gasteiger partial charge on any atom is 0.224 e. The van der Waals surface area contributed by atoms with Gasteiger partial charge in [-0.3, -0.25) is 4.79 Å². The average Bonchev–Trinajstić information content (AvgIpc) is 2.84. The van der Waals surface area contributed by atoms with Crippen LogP contribution in [0.2, 0.25) is 0 Å². The monoisotopic (exact) mass is 320 g/mol. The quantitative estimate of drug-likeness (QED) is 0.748. The van der Waals surface area contributed by atoms with Crippen LogP contribution in [0.3, 0.4) is 0 Å². The molecule has 0 saturated carbocycles. The minimum atomic E-state index is -3.35. The average molecular weight is 320 g/mol. The van der Waals surface area contributed by atoms with E-state index < -0.39 is 21.7 Å². The van der Waals surface area contributed by atoms with E-state index in [1.165, 1.54) is 17.7 Å². The summed E-state index contributed by atoms with van der Waals surface area (Å²) in [6, 6.07) is 0. The number of β-amino-alcohol motifs (C(OH)–C–C–N with tert-alkyl or cyclic N) is 1. The smallest absolute Gasteiger partial charge is 0.224 e. The van der Waals surface area contributed by atoms with Crippen LogP contribution in [0.5, 0.6) is 0 Å². The summed E-state index contributed by atoms with van der Waals surface area (Å²) in [7, 11) is -1.81. The first-order valence-electron chi connectivity index (χ1n) is 7.24. The van der Waals surface area contributed by atoms with E-state index >= 15 is 0 Å². The molecule has 21 heavy (non-hydrogen) atoms. The van der Waals surface area contributed by atoms with Gasteiger partial charge in [0.25, 0.3) is 0 Å². The van der Waals surface area contributed by atoms with Crippen molar-refractivity contribution in [1.82, 2.24) is 9.21 Å². The lowest BCUT2D eigenvalue weighted by molar-refractivity contribution is -0.138. The highest BCUT2D eigenvalue weighted by Gasteiger charge is 2.53. The lowest BCUT2D eigenvalue weighted by Crippen LogP contribution is -2.63. The highest BCUT2D eigenvalue weighted by atomic mass is 32.2. The highest BCUT2D eigenvalue weighted by molar-refractivity contribution is 7.88. The molecular weight excluding hydrogens is 296 g/mol. The standard InChI is InChI=1S/C13H24N2O5S/c1-20-9-4-12(17)14-8-6-13(11(16)10-14)5-3-7-15(13)21(2,18)19/h11,16H,3-10H2,1-2H3/t11-,13-/m0/s1. The van der Waals surface area contributed by atoms with Crippen LogP contribution in [-0.2, 0) is 19.6 Å². The molecule has 2 saturated heterocycles. The predicted molar refractivity (Wildman–Crippen MR) is 77.2 cm³/mol. The summed E-state index contributed by atoms with van der Waals surface area (Å²) in [6.07, 6.45) is 2.52. The first-order chi connectivity index (χ1) is 9.81. The molecule has 8 heteroatoms. The lowest BCUT2D eigenvalue weighted by Gasteiger charge is -2.47. The van der Waals surface area contributed by atoms with E-state index in [0.29, 0.717) is 32.5 Å². The number of piperidine rings is 1. The Kier molecular flexibility index (Phi) is 4.92. The number of hydrogen-bond acceptors (Lipinski definition) is 5. The predicted octanol–water partition coefficient (Wildman–Crippen LogP) is -0.590. The second-order valence-corrected chi connectivity index (χ2v) is 7.80. The number of methoxy groups -OCH3 is 1. The van der Waals surface area contributed by atoms with Crippen LogP contribution < -0.4 is 0 Å². The second kappa shape index (κ2) is 6.20. The van der Waals surface area contributed by atoms with Crippen LogP contribution in [0.4, 0.5) is 0 Å². The number of hydrogen-bond donors (Lipinski definition) is 1. The van der Waals surface area contributed by atoms with Gasteiger partial charge >= 0.3 is 0 Å². The maximum atomic E-state index is 12.0. The van der Waals surface area contributed by atoms with E-state index in [9.17, 15) is 18.3 Å². The van der Waals surface area contributed by atoms with Gasteiger partial charge in [0, 0.05) is 26.7 Å². The summed E-state index contributed by atoms with van der Waals surface area (Å²) >= 11 is 0. The molecule has 2 aliphatic heterocycles. The van der Waals surface area contributed by atoms with Crippen molar-refractivity contribution in [3.8, 4) is 0 Å². The molecule has 1 spiro atoms. The van der Waals surface area contributed by atoms with Crippen molar-refractivity contribution in [3.05, 3.63) is 0 Å². The van der Waals surface area contributed by atoms with Gasteiger partial charge in [-0.1, -0.05) is 0 Å². The highest BCUT2D eigenvalue weighted by Crippen LogP contribution is 2.40. The van der Waals surface area contributed by atoms with E-state index in [0.717, 1.165) is 6.42 Å². The van der Waals surface area contributed by atoms with Gasteiger partial charge in [0.1, 0.15) is 0 Å². The molecule has 2 fully saturated rings. The zero-order valence-corrected chi connectivity index (χ0v) is 13.4. The Hall–Kier alpha value is -0.700. The molecule has 0 unspecified atom stereocenters. The van der Waals surface area contributed by atoms with Crippen LogP contribution in [0.1, 0.15) is 25.7 Å². The summed E-state index contributed by atoms with van der Waals surface area (Å²) < 4.78 is 30.2. The molecule has 2 heterocycles. The number of likely N-dealkylation sites (tertiary alicyclic amines) is 1. The van der Waals surface area contributed by atoms with Gasteiger partial charge in [-0.05, 0) is 19.3 Å². The van der Waals surface area contributed by atoms with E-state index in [1.807, 2.05) is 0 Å². The molecule has 0 radical (unpaired) electrons.